The summed E-state index contributed by atoms with van der Waals surface area (Å²) in [6, 6.07) is 13.0. The first-order valence-electron chi connectivity index (χ1n) is 12.2. The van der Waals surface area contributed by atoms with E-state index in [1.165, 1.54) is 24.1 Å². The fourth-order valence-electron chi connectivity index (χ4n) is 4.78. The van der Waals surface area contributed by atoms with Gasteiger partial charge in [0.2, 0.25) is 6.10 Å². The van der Waals surface area contributed by atoms with Gasteiger partial charge in [-0.05, 0) is 54.7 Å². The highest BCUT2D eigenvalue weighted by Gasteiger charge is 2.47. The van der Waals surface area contributed by atoms with Crippen LogP contribution in [0.4, 0.5) is 22.4 Å². The van der Waals surface area contributed by atoms with Gasteiger partial charge < -0.3 is 23.8 Å². The number of piperidine rings is 1. The Bertz CT molecular complexity index is 1160. The van der Waals surface area contributed by atoms with Gasteiger partial charge in [-0.2, -0.15) is 18.4 Å². The van der Waals surface area contributed by atoms with Crippen LogP contribution in [0.3, 0.4) is 0 Å². The summed E-state index contributed by atoms with van der Waals surface area (Å²) in [5.74, 6) is -0.0512. The maximum Gasteiger partial charge on any atom is 0.427 e. The lowest BCUT2D eigenvalue weighted by atomic mass is 9.83. The molecule has 0 N–H and O–H groups in total. The number of hydrogen-bond acceptors (Lipinski definition) is 6. The molecule has 2 aromatic carbocycles. The van der Waals surface area contributed by atoms with Crippen LogP contribution in [0.25, 0.3) is 0 Å². The van der Waals surface area contributed by atoms with E-state index in [1.807, 2.05) is 0 Å². The van der Waals surface area contributed by atoms with Gasteiger partial charge in [-0.15, -0.1) is 0 Å². The zero-order chi connectivity index (χ0) is 27.3. The molecular weight excluding hydrogens is 508 g/mol. The maximum absolute atomic E-state index is 14.0. The Labute approximate surface area is 217 Å². The van der Waals surface area contributed by atoms with E-state index in [2.05, 4.69) is 0 Å². The number of carbonyl (C=O) groups excluding carboxylic acids is 1. The Morgan fingerprint density at radius 3 is 2.53 bits per heavy atom. The lowest BCUT2D eigenvalue weighted by molar-refractivity contribution is -0.220. The highest BCUT2D eigenvalue weighted by molar-refractivity contribution is 5.68. The number of methoxy groups -OCH3 is 1. The molecule has 2 unspecified atom stereocenters. The van der Waals surface area contributed by atoms with Gasteiger partial charge in [0.05, 0.1) is 38.1 Å². The molecule has 4 rings (SSSR count). The Kier molecular flexibility index (Phi) is 8.43. The van der Waals surface area contributed by atoms with Crippen molar-refractivity contribution in [2.75, 3.05) is 33.4 Å². The maximum atomic E-state index is 14.0. The number of hydrogen-bond donors (Lipinski definition) is 0. The number of benzene rings is 2. The molecule has 0 aromatic heterocycles. The lowest BCUT2D eigenvalue weighted by Crippen LogP contribution is -2.49. The number of carbonyl (C=O) groups is 1. The average Bonchev–Trinajstić information content (AvgIpc) is 3.31. The fraction of sp³-hybridized carbons (Fsp3) is 0.481. The predicted octanol–water partition coefficient (Wildman–Crippen LogP) is 5.33. The first kappa shape index (κ1) is 27.7. The third kappa shape index (κ3) is 6.55. The quantitative estimate of drug-likeness (QED) is 0.445. The molecule has 2 aliphatic heterocycles. The minimum atomic E-state index is -4.79. The van der Waals surface area contributed by atoms with E-state index < -0.39 is 36.4 Å². The van der Waals surface area contributed by atoms with E-state index in [0.717, 1.165) is 5.56 Å². The van der Waals surface area contributed by atoms with Crippen molar-refractivity contribution in [1.82, 2.24) is 4.90 Å². The van der Waals surface area contributed by atoms with Crippen LogP contribution in [0.15, 0.2) is 42.5 Å². The van der Waals surface area contributed by atoms with Crippen LogP contribution in [0.1, 0.15) is 41.9 Å². The van der Waals surface area contributed by atoms with E-state index in [1.54, 1.807) is 36.4 Å². The summed E-state index contributed by atoms with van der Waals surface area (Å²) in [6.45, 7) is -0.209. The number of nitriles is 1. The van der Waals surface area contributed by atoms with Crippen LogP contribution >= 0.6 is 0 Å². The Morgan fingerprint density at radius 2 is 1.92 bits per heavy atom. The first-order chi connectivity index (χ1) is 18.1. The van der Waals surface area contributed by atoms with Crippen molar-refractivity contribution in [3.8, 4) is 11.8 Å². The summed E-state index contributed by atoms with van der Waals surface area (Å²) in [7, 11) is 1.51. The molecule has 11 heteroatoms. The van der Waals surface area contributed by atoms with Gasteiger partial charge in [0.15, 0.2) is 0 Å². The number of likely N-dealkylation sites (tertiary alicyclic amines) is 1. The minimum Gasteiger partial charge on any atom is -0.497 e. The topological polar surface area (TPSA) is 81.0 Å². The molecule has 2 saturated heterocycles. The number of halogens is 4. The molecule has 0 bridgehead atoms. The molecule has 2 aromatic rings. The molecule has 2 heterocycles. The van der Waals surface area contributed by atoms with Gasteiger partial charge in [-0.25, -0.2) is 9.18 Å². The largest absolute Gasteiger partial charge is 0.497 e. The fourth-order valence-corrected chi connectivity index (χ4v) is 4.78. The lowest BCUT2D eigenvalue weighted by Gasteiger charge is -2.38. The van der Waals surface area contributed by atoms with Gasteiger partial charge in [-0.1, -0.05) is 18.2 Å². The van der Waals surface area contributed by atoms with Crippen molar-refractivity contribution < 1.29 is 41.3 Å². The van der Waals surface area contributed by atoms with Crippen molar-refractivity contribution in [2.24, 2.45) is 0 Å². The number of alkyl halides is 3. The van der Waals surface area contributed by atoms with Gasteiger partial charge in [0.1, 0.15) is 17.6 Å². The molecule has 7 nitrogen and oxygen atoms in total. The second kappa shape index (κ2) is 11.6. The molecule has 1 amide bonds. The highest BCUT2D eigenvalue weighted by Crippen LogP contribution is 2.43. The molecule has 0 saturated carbocycles. The van der Waals surface area contributed by atoms with E-state index in [-0.39, 0.29) is 31.2 Å². The summed E-state index contributed by atoms with van der Waals surface area (Å²) in [6.07, 6.45) is -6.82. The normalized spacial score (nSPS) is 19.7. The molecule has 1 spiro atoms. The molecule has 38 heavy (non-hydrogen) atoms. The van der Waals surface area contributed by atoms with Crippen LogP contribution in [-0.2, 0) is 20.8 Å². The van der Waals surface area contributed by atoms with Crippen LogP contribution in [0.2, 0.25) is 0 Å². The van der Waals surface area contributed by atoms with Crippen LogP contribution in [0.5, 0.6) is 5.75 Å². The van der Waals surface area contributed by atoms with Crippen LogP contribution < -0.4 is 4.74 Å². The Hall–Kier alpha value is -3.36. The Morgan fingerprint density at radius 1 is 1.21 bits per heavy atom. The third-order valence-electron chi connectivity index (χ3n) is 7.03. The van der Waals surface area contributed by atoms with E-state index >= 15 is 0 Å². The molecule has 2 aliphatic rings. The smallest absolute Gasteiger partial charge is 0.427 e. The van der Waals surface area contributed by atoms with Crippen molar-refractivity contribution in [1.29, 1.82) is 5.26 Å². The number of nitrogens with zero attached hydrogens (tertiary/aromatic N) is 2. The van der Waals surface area contributed by atoms with Crippen LogP contribution in [0, 0.1) is 17.1 Å². The average molecular weight is 537 g/mol. The summed E-state index contributed by atoms with van der Waals surface area (Å²) >= 11 is 0. The number of ether oxygens (including phenoxy) is 4. The molecule has 2 fully saturated rings. The standard InChI is InChI=1S/C27H28F4N2O5/c1-35-22-6-2-18(3-7-22)15-36-17-24(27(29,30)31)38-25(34)33-10-8-26(9-11-33)13-21(16-37-26)19-4-5-20(14-32)23(28)12-19/h2-7,12,21,24H,8-11,13,15-17H2,1H3. The van der Waals surface area contributed by atoms with Crippen molar-refractivity contribution in [2.45, 2.75) is 49.7 Å². The van der Waals surface area contributed by atoms with Crippen molar-refractivity contribution >= 4 is 6.09 Å². The zero-order valence-electron chi connectivity index (χ0n) is 20.8. The highest BCUT2D eigenvalue weighted by atomic mass is 19.4. The van der Waals surface area contributed by atoms with Gasteiger partial charge in [-0.3, -0.25) is 0 Å². The van der Waals surface area contributed by atoms with Crippen LogP contribution in [-0.4, -0.2) is 62.3 Å². The molecule has 2 atom stereocenters. The first-order valence-corrected chi connectivity index (χ1v) is 12.2. The summed E-state index contributed by atoms with van der Waals surface area (Å²) < 4.78 is 75.8. The summed E-state index contributed by atoms with van der Waals surface area (Å²) in [5.41, 5.74) is 0.801. The minimum absolute atomic E-state index is 0.0301. The summed E-state index contributed by atoms with van der Waals surface area (Å²) in [5, 5.41) is 8.92. The summed E-state index contributed by atoms with van der Waals surface area (Å²) in [4.78, 5) is 13.8. The number of rotatable bonds is 7. The second-order valence-electron chi connectivity index (χ2n) is 9.51. The van der Waals surface area contributed by atoms with Crippen molar-refractivity contribution in [3.05, 3.63) is 65.0 Å². The molecule has 0 radical (unpaired) electrons. The van der Waals surface area contributed by atoms with Gasteiger partial charge in [0.25, 0.3) is 0 Å². The van der Waals surface area contributed by atoms with E-state index in [4.69, 9.17) is 24.2 Å². The predicted molar refractivity (Wildman–Crippen MR) is 127 cm³/mol. The Balaban J connectivity index is 1.28. The molecule has 204 valence electrons. The van der Waals surface area contributed by atoms with Gasteiger partial charge >= 0.3 is 12.3 Å². The third-order valence-corrected chi connectivity index (χ3v) is 7.03. The van der Waals surface area contributed by atoms with E-state index in [9.17, 15) is 22.4 Å². The zero-order valence-corrected chi connectivity index (χ0v) is 20.8. The van der Waals surface area contributed by atoms with E-state index in [0.29, 0.717) is 37.2 Å². The SMILES string of the molecule is COc1ccc(COCC(OC(=O)N2CCC3(CC2)CC(c2ccc(C#N)c(F)c2)CO3)C(F)(F)F)cc1. The molecule has 0 aliphatic carbocycles. The number of amides is 1. The van der Waals surface area contributed by atoms with Crippen molar-refractivity contribution in [3.63, 3.8) is 0 Å². The second-order valence-corrected chi connectivity index (χ2v) is 9.51. The van der Waals surface area contributed by atoms with Gasteiger partial charge in [0, 0.05) is 19.0 Å². The monoisotopic (exact) mass is 536 g/mol. The molecular formula is C27H28F4N2O5.